The van der Waals surface area contributed by atoms with Gasteiger partial charge in [0.1, 0.15) is 5.75 Å². The van der Waals surface area contributed by atoms with Crippen LogP contribution in [-0.4, -0.2) is 35.6 Å². The van der Waals surface area contributed by atoms with E-state index in [0.717, 1.165) is 42.5 Å². The molecule has 0 atom stereocenters. The maximum atomic E-state index is 6.11. The lowest BCUT2D eigenvalue weighted by atomic mass is 9.74. The van der Waals surface area contributed by atoms with Crippen molar-refractivity contribution >= 4 is 17.2 Å². The lowest BCUT2D eigenvalue weighted by molar-refractivity contribution is 0.171. The molecule has 2 heterocycles. The number of aryl methyl sites for hydroxylation is 1. The van der Waals surface area contributed by atoms with Crippen molar-refractivity contribution in [1.82, 2.24) is 9.88 Å². The largest absolute Gasteiger partial charge is 0.490 e. The van der Waals surface area contributed by atoms with Gasteiger partial charge in [-0.15, -0.1) is 0 Å². The highest BCUT2D eigenvalue weighted by Gasteiger charge is 2.31. The highest BCUT2D eigenvalue weighted by Crippen LogP contribution is 2.36. The minimum absolute atomic E-state index is 0.233. The van der Waals surface area contributed by atoms with E-state index in [4.69, 9.17) is 16.3 Å². The van der Waals surface area contributed by atoms with Crippen molar-refractivity contribution in [3.63, 3.8) is 0 Å². The summed E-state index contributed by atoms with van der Waals surface area (Å²) in [5.41, 5.74) is 6.35. The fourth-order valence-corrected chi connectivity index (χ4v) is 5.20. The summed E-state index contributed by atoms with van der Waals surface area (Å²) in [5.74, 6) is 0.968. The minimum atomic E-state index is 0.233. The number of halogens is 1. The van der Waals surface area contributed by atoms with Gasteiger partial charge in [0.15, 0.2) is 0 Å². The molecule has 35 heavy (non-hydrogen) atoms. The van der Waals surface area contributed by atoms with Gasteiger partial charge in [0.25, 0.3) is 0 Å². The number of piperidine rings is 1. The van der Waals surface area contributed by atoms with Gasteiger partial charge in [0.05, 0.1) is 6.10 Å². The monoisotopic (exact) mass is 486 g/mol. The molecule has 0 N–H and O–H groups in total. The fraction of sp³-hybridized carbons (Fsp3) is 0.387. The van der Waals surface area contributed by atoms with Gasteiger partial charge in [0, 0.05) is 29.0 Å². The second-order valence-corrected chi connectivity index (χ2v) is 10.7. The number of nitrogens with zero attached hydrogens (tertiary/aromatic N) is 2. The first-order valence-electron chi connectivity index (χ1n) is 12.9. The molecule has 1 aliphatic heterocycles. The van der Waals surface area contributed by atoms with E-state index in [0.29, 0.717) is 6.10 Å². The van der Waals surface area contributed by atoms with E-state index in [2.05, 4.69) is 72.3 Å². The van der Waals surface area contributed by atoms with Gasteiger partial charge in [0.2, 0.25) is 0 Å². The average Bonchev–Trinajstić information content (AvgIpc) is 3.68. The predicted octanol–water partition coefficient (Wildman–Crippen LogP) is 7.46. The molecule has 2 aromatic carbocycles. The van der Waals surface area contributed by atoms with E-state index in [9.17, 15) is 0 Å². The Morgan fingerprint density at radius 2 is 1.86 bits per heavy atom. The molecule has 1 saturated heterocycles. The first-order valence-corrected chi connectivity index (χ1v) is 13.3. The number of likely N-dealkylation sites (tertiary alicyclic amines) is 1. The molecular formula is C31H35ClN2O. The second kappa shape index (κ2) is 10.6. The number of aromatic nitrogens is 1. The molecular weight excluding hydrogens is 452 g/mol. The standard InChI is InChI=1S/C31H35ClN2O/c1-23-29(8-4-18-33-23)30(24-6-3-7-28(22-24)35-27-14-15-27)9-5-19-34-20-16-31(2,17-21-34)25-10-12-26(32)13-11-25/h3-4,6-13,18,22,27H,5,14-17,19-21H2,1-2H3. The van der Waals surface area contributed by atoms with Gasteiger partial charge in [-0.1, -0.05) is 54.9 Å². The quantitative estimate of drug-likeness (QED) is 0.330. The van der Waals surface area contributed by atoms with Crippen molar-refractivity contribution in [3.05, 3.63) is 100 Å². The molecule has 0 bridgehead atoms. The molecule has 0 unspecified atom stereocenters. The average molecular weight is 487 g/mol. The van der Waals surface area contributed by atoms with E-state index >= 15 is 0 Å². The number of rotatable bonds is 8. The molecule has 4 heteroatoms. The molecule has 0 amide bonds. The van der Waals surface area contributed by atoms with Crippen LogP contribution in [0, 0.1) is 6.92 Å². The van der Waals surface area contributed by atoms with Gasteiger partial charge in [-0.3, -0.25) is 4.98 Å². The lowest BCUT2D eigenvalue weighted by Crippen LogP contribution is -2.41. The van der Waals surface area contributed by atoms with Crippen LogP contribution in [0.4, 0.5) is 0 Å². The van der Waals surface area contributed by atoms with Crippen molar-refractivity contribution in [2.24, 2.45) is 0 Å². The Morgan fingerprint density at radius 3 is 2.57 bits per heavy atom. The fourth-order valence-electron chi connectivity index (χ4n) is 5.07. The first kappa shape index (κ1) is 24.1. The molecule has 1 saturated carbocycles. The molecule has 2 aliphatic rings. The topological polar surface area (TPSA) is 25.4 Å². The van der Waals surface area contributed by atoms with Crippen LogP contribution in [0.5, 0.6) is 5.75 Å². The van der Waals surface area contributed by atoms with Gasteiger partial charge in [-0.2, -0.15) is 0 Å². The number of hydrogen-bond donors (Lipinski definition) is 0. The zero-order chi connectivity index (χ0) is 24.3. The third-order valence-electron chi connectivity index (χ3n) is 7.56. The predicted molar refractivity (Wildman–Crippen MR) is 145 cm³/mol. The Kier molecular flexibility index (Phi) is 7.27. The van der Waals surface area contributed by atoms with Gasteiger partial charge < -0.3 is 9.64 Å². The second-order valence-electron chi connectivity index (χ2n) is 10.3. The van der Waals surface area contributed by atoms with Gasteiger partial charge in [-0.05, 0) is 105 Å². The maximum Gasteiger partial charge on any atom is 0.120 e. The summed E-state index contributed by atoms with van der Waals surface area (Å²) < 4.78 is 6.09. The summed E-state index contributed by atoms with van der Waals surface area (Å²) in [6.07, 6.45) is 10.4. The summed E-state index contributed by atoms with van der Waals surface area (Å²) in [6.45, 7) is 7.80. The van der Waals surface area contributed by atoms with Gasteiger partial charge in [-0.25, -0.2) is 0 Å². The molecule has 0 spiro atoms. The van der Waals surface area contributed by atoms with E-state index < -0.39 is 0 Å². The Bertz CT molecular complexity index is 1170. The van der Waals surface area contributed by atoms with Crippen LogP contribution >= 0.6 is 11.6 Å². The normalized spacial score (nSPS) is 18.4. The Hall–Kier alpha value is -2.62. The number of ether oxygens (including phenoxy) is 1. The van der Waals surface area contributed by atoms with Crippen molar-refractivity contribution < 1.29 is 4.74 Å². The molecule has 0 radical (unpaired) electrons. The summed E-state index contributed by atoms with van der Waals surface area (Å²) in [4.78, 5) is 7.17. The SMILES string of the molecule is Cc1ncccc1C(=CCCN1CCC(C)(c2ccc(Cl)cc2)CC1)c1cccc(OC2CC2)c1. The van der Waals surface area contributed by atoms with E-state index in [1.165, 1.54) is 47.9 Å². The minimum Gasteiger partial charge on any atom is -0.490 e. The van der Waals surface area contributed by atoms with Crippen LogP contribution in [-0.2, 0) is 5.41 Å². The van der Waals surface area contributed by atoms with Crippen molar-refractivity contribution in [3.8, 4) is 5.75 Å². The Labute approximate surface area is 214 Å². The smallest absolute Gasteiger partial charge is 0.120 e. The van der Waals surface area contributed by atoms with Crippen LogP contribution in [0.25, 0.3) is 5.57 Å². The van der Waals surface area contributed by atoms with Crippen LogP contribution in [0.1, 0.15) is 61.4 Å². The first-order chi connectivity index (χ1) is 17.0. The summed E-state index contributed by atoms with van der Waals surface area (Å²) >= 11 is 6.11. The van der Waals surface area contributed by atoms with Crippen LogP contribution < -0.4 is 4.74 Å². The highest BCUT2D eigenvalue weighted by atomic mass is 35.5. The van der Waals surface area contributed by atoms with Crippen molar-refractivity contribution in [2.75, 3.05) is 19.6 Å². The molecule has 2 fully saturated rings. The highest BCUT2D eigenvalue weighted by molar-refractivity contribution is 6.30. The summed E-state index contributed by atoms with van der Waals surface area (Å²) in [5, 5.41) is 0.811. The van der Waals surface area contributed by atoms with Crippen LogP contribution in [0.2, 0.25) is 5.02 Å². The Morgan fingerprint density at radius 1 is 1.09 bits per heavy atom. The number of pyridine rings is 1. The number of benzene rings is 2. The zero-order valence-corrected chi connectivity index (χ0v) is 21.6. The van der Waals surface area contributed by atoms with Crippen molar-refractivity contribution in [1.29, 1.82) is 0 Å². The summed E-state index contributed by atoms with van der Waals surface area (Å²) in [6, 6.07) is 21.2. The van der Waals surface area contributed by atoms with Crippen LogP contribution in [0.3, 0.4) is 0 Å². The molecule has 3 aromatic rings. The molecule has 1 aliphatic carbocycles. The van der Waals surface area contributed by atoms with E-state index in [1.807, 2.05) is 24.4 Å². The molecule has 3 nitrogen and oxygen atoms in total. The van der Waals surface area contributed by atoms with Crippen LogP contribution in [0.15, 0.2) is 72.9 Å². The van der Waals surface area contributed by atoms with Gasteiger partial charge >= 0.3 is 0 Å². The zero-order valence-electron chi connectivity index (χ0n) is 20.8. The Balaban J connectivity index is 1.28. The maximum absolute atomic E-state index is 6.11. The number of hydrogen-bond acceptors (Lipinski definition) is 3. The third kappa shape index (κ3) is 5.97. The van der Waals surface area contributed by atoms with Crippen molar-refractivity contribution in [2.45, 2.75) is 57.5 Å². The molecule has 182 valence electrons. The van der Waals surface area contributed by atoms with E-state index in [-0.39, 0.29) is 5.41 Å². The molecule has 1 aromatic heterocycles. The summed E-state index contributed by atoms with van der Waals surface area (Å²) in [7, 11) is 0. The van der Waals surface area contributed by atoms with E-state index in [1.54, 1.807) is 0 Å². The lowest BCUT2D eigenvalue weighted by Gasteiger charge is -2.40. The molecule has 5 rings (SSSR count). The third-order valence-corrected chi connectivity index (χ3v) is 7.82.